The highest BCUT2D eigenvalue weighted by molar-refractivity contribution is 5.24. The number of nitrogens with two attached hydrogens (primary N) is 1. The zero-order valence-electron chi connectivity index (χ0n) is 9.16. The van der Waals surface area contributed by atoms with Crippen molar-refractivity contribution in [2.75, 3.05) is 7.11 Å². The first-order valence-corrected chi connectivity index (χ1v) is 5.00. The topological polar surface area (TPSA) is 35.2 Å². The summed E-state index contributed by atoms with van der Waals surface area (Å²) in [6, 6.07) is 8.67. The molecule has 78 valence electrons. The van der Waals surface area contributed by atoms with E-state index in [0.717, 1.165) is 6.42 Å². The molecular formula is C12H19NO. The minimum atomic E-state index is 0.166. The Morgan fingerprint density at radius 3 is 2.21 bits per heavy atom. The van der Waals surface area contributed by atoms with Gasteiger partial charge in [0, 0.05) is 13.2 Å². The van der Waals surface area contributed by atoms with Gasteiger partial charge < -0.3 is 10.5 Å². The molecule has 0 aliphatic carbocycles. The molecule has 0 aliphatic heterocycles. The standard InChI is InChI=1S/C12H19NO/c1-9(13)8-11-4-6-12(7-5-11)10(2)14-3/h4-7,9-10H,8,13H2,1-3H3. The Morgan fingerprint density at radius 1 is 1.21 bits per heavy atom. The second kappa shape index (κ2) is 5.13. The highest BCUT2D eigenvalue weighted by atomic mass is 16.5. The molecule has 0 amide bonds. The Labute approximate surface area is 86.1 Å². The van der Waals surface area contributed by atoms with Gasteiger partial charge >= 0.3 is 0 Å². The summed E-state index contributed by atoms with van der Waals surface area (Å²) in [5.74, 6) is 0. The van der Waals surface area contributed by atoms with Crippen LogP contribution in [0.15, 0.2) is 24.3 Å². The molecule has 0 radical (unpaired) electrons. The summed E-state index contributed by atoms with van der Waals surface area (Å²) in [6.45, 7) is 4.06. The Bertz CT molecular complexity index is 266. The van der Waals surface area contributed by atoms with Crippen molar-refractivity contribution in [3.05, 3.63) is 35.4 Å². The van der Waals surface area contributed by atoms with Crippen molar-refractivity contribution < 1.29 is 4.74 Å². The number of ether oxygens (including phenoxy) is 1. The molecule has 0 fully saturated rings. The van der Waals surface area contributed by atoms with Crippen LogP contribution in [0.2, 0.25) is 0 Å². The van der Waals surface area contributed by atoms with Crippen LogP contribution >= 0.6 is 0 Å². The number of hydrogen-bond donors (Lipinski definition) is 1. The van der Waals surface area contributed by atoms with Crippen LogP contribution in [-0.2, 0) is 11.2 Å². The molecule has 1 aromatic rings. The van der Waals surface area contributed by atoms with Crippen LogP contribution in [-0.4, -0.2) is 13.2 Å². The van der Waals surface area contributed by atoms with Gasteiger partial charge in [0.15, 0.2) is 0 Å². The van der Waals surface area contributed by atoms with Crippen LogP contribution in [0.1, 0.15) is 31.1 Å². The minimum absolute atomic E-state index is 0.166. The Balaban J connectivity index is 2.68. The van der Waals surface area contributed by atoms with Crippen molar-refractivity contribution in [3.63, 3.8) is 0 Å². The van der Waals surface area contributed by atoms with Gasteiger partial charge in [0.1, 0.15) is 0 Å². The molecule has 1 rings (SSSR count). The SMILES string of the molecule is COC(C)c1ccc(CC(C)N)cc1. The second-order valence-corrected chi connectivity index (χ2v) is 3.80. The predicted octanol–water partition coefficient (Wildman–Crippen LogP) is 2.28. The molecule has 1 aromatic carbocycles. The second-order valence-electron chi connectivity index (χ2n) is 3.80. The van der Waals surface area contributed by atoms with Gasteiger partial charge in [0.2, 0.25) is 0 Å². The quantitative estimate of drug-likeness (QED) is 0.796. The average Bonchev–Trinajstić information content (AvgIpc) is 2.17. The Hall–Kier alpha value is -0.860. The molecule has 0 spiro atoms. The van der Waals surface area contributed by atoms with E-state index in [1.54, 1.807) is 7.11 Å². The first-order chi connectivity index (χ1) is 6.63. The summed E-state index contributed by atoms with van der Waals surface area (Å²) in [4.78, 5) is 0. The molecule has 2 N–H and O–H groups in total. The average molecular weight is 193 g/mol. The van der Waals surface area contributed by atoms with Crippen LogP contribution in [0.25, 0.3) is 0 Å². The summed E-state index contributed by atoms with van der Waals surface area (Å²) >= 11 is 0. The molecule has 0 aromatic heterocycles. The molecule has 2 heteroatoms. The van der Waals surface area contributed by atoms with E-state index >= 15 is 0 Å². The first kappa shape index (κ1) is 11.2. The maximum absolute atomic E-state index is 5.72. The lowest BCUT2D eigenvalue weighted by Crippen LogP contribution is -2.17. The van der Waals surface area contributed by atoms with Crippen LogP contribution in [0.4, 0.5) is 0 Å². The van der Waals surface area contributed by atoms with E-state index in [1.807, 2.05) is 13.8 Å². The summed E-state index contributed by atoms with van der Waals surface area (Å²) in [7, 11) is 1.72. The first-order valence-electron chi connectivity index (χ1n) is 5.00. The maximum atomic E-state index is 5.72. The van der Waals surface area contributed by atoms with Crippen molar-refractivity contribution in [2.45, 2.75) is 32.4 Å². The third-order valence-corrected chi connectivity index (χ3v) is 2.36. The third kappa shape index (κ3) is 3.13. The molecule has 0 saturated carbocycles. The number of methoxy groups -OCH3 is 1. The molecule has 2 nitrogen and oxygen atoms in total. The van der Waals surface area contributed by atoms with Crippen LogP contribution in [0, 0.1) is 0 Å². The number of hydrogen-bond acceptors (Lipinski definition) is 2. The largest absolute Gasteiger partial charge is 0.377 e. The normalized spacial score (nSPS) is 15.1. The molecule has 2 unspecified atom stereocenters. The van der Waals surface area contributed by atoms with Gasteiger partial charge in [-0.3, -0.25) is 0 Å². The smallest absolute Gasteiger partial charge is 0.0793 e. The molecule has 2 atom stereocenters. The Kier molecular flexibility index (Phi) is 4.11. The van der Waals surface area contributed by atoms with E-state index in [4.69, 9.17) is 10.5 Å². The van der Waals surface area contributed by atoms with E-state index in [2.05, 4.69) is 24.3 Å². The summed E-state index contributed by atoms with van der Waals surface area (Å²) < 4.78 is 5.23. The highest BCUT2D eigenvalue weighted by Gasteiger charge is 2.03. The Morgan fingerprint density at radius 2 is 1.79 bits per heavy atom. The third-order valence-electron chi connectivity index (χ3n) is 2.36. The van der Waals surface area contributed by atoms with E-state index in [0.29, 0.717) is 0 Å². The van der Waals surface area contributed by atoms with Crippen molar-refractivity contribution in [2.24, 2.45) is 5.73 Å². The number of rotatable bonds is 4. The summed E-state index contributed by atoms with van der Waals surface area (Å²) in [5.41, 5.74) is 8.22. The van der Waals surface area contributed by atoms with E-state index in [9.17, 15) is 0 Å². The van der Waals surface area contributed by atoms with Gasteiger partial charge in [0.05, 0.1) is 6.10 Å². The van der Waals surface area contributed by atoms with Crippen LogP contribution < -0.4 is 5.73 Å². The van der Waals surface area contributed by atoms with Gasteiger partial charge in [-0.1, -0.05) is 24.3 Å². The fraction of sp³-hybridized carbons (Fsp3) is 0.500. The number of benzene rings is 1. The van der Waals surface area contributed by atoms with Crippen molar-refractivity contribution in [1.29, 1.82) is 0 Å². The van der Waals surface area contributed by atoms with Crippen molar-refractivity contribution in [3.8, 4) is 0 Å². The highest BCUT2D eigenvalue weighted by Crippen LogP contribution is 2.16. The molecule has 0 aliphatic rings. The lowest BCUT2D eigenvalue weighted by Gasteiger charge is -2.11. The van der Waals surface area contributed by atoms with Gasteiger partial charge in [-0.2, -0.15) is 0 Å². The van der Waals surface area contributed by atoms with Crippen LogP contribution in [0.3, 0.4) is 0 Å². The fourth-order valence-electron chi connectivity index (χ4n) is 1.43. The van der Waals surface area contributed by atoms with Gasteiger partial charge in [-0.05, 0) is 31.4 Å². The van der Waals surface area contributed by atoms with E-state index < -0.39 is 0 Å². The zero-order chi connectivity index (χ0) is 10.6. The maximum Gasteiger partial charge on any atom is 0.0793 e. The van der Waals surface area contributed by atoms with Crippen molar-refractivity contribution >= 4 is 0 Å². The van der Waals surface area contributed by atoms with E-state index in [-0.39, 0.29) is 12.1 Å². The summed E-state index contributed by atoms with van der Waals surface area (Å²) in [5, 5.41) is 0. The van der Waals surface area contributed by atoms with E-state index in [1.165, 1.54) is 11.1 Å². The molecule has 0 heterocycles. The summed E-state index contributed by atoms with van der Waals surface area (Å²) in [6.07, 6.45) is 1.10. The molecule has 0 bridgehead atoms. The molecule has 14 heavy (non-hydrogen) atoms. The zero-order valence-corrected chi connectivity index (χ0v) is 9.16. The van der Waals surface area contributed by atoms with Gasteiger partial charge in [-0.25, -0.2) is 0 Å². The molecule has 0 saturated heterocycles. The van der Waals surface area contributed by atoms with Gasteiger partial charge in [-0.15, -0.1) is 0 Å². The van der Waals surface area contributed by atoms with Crippen molar-refractivity contribution in [1.82, 2.24) is 0 Å². The molecular weight excluding hydrogens is 174 g/mol. The lowest BCUT2D eigenvalue weighted by molar-refractivity contribution is 0.119. The van der Waals surface area contributed by atoms with Gasteiger partial charge in [0.25, 0.3) is 0 Å². The minimum Gasteiger partial charge on any atom is -0.377 e. The monoisotopic (exact) mass is 193 g/mol. The van der Waals surface area contributed by atoms with Crippen LogP contribution in [0.5, 0.6) is 0 Å². The lowest BCUT2D eigenvalue weighted by atomic mass is 10.0. The predicted molar refractivity (Wildman–Crippen MR) is 59.2 cm³/mol. The fourth-order valence-corrected chi connectivity index (χ4v) is 1.43.